The van der Waals surface area contributed by atoms with Gasteiger partial charge in [0.2, 0.25) is 0 Å². The van der Waals surface area contributed by atoms with E-state index in [2.05, 4.69) is 25.2 Å². The van der Waals surface area contributed by atoms with Gasteiger partial charge in [-0.05, 0) is 50.6 Å². The van der Waals surface area contributed by atoms with Gasteiger partial charge in [-0.2, -0.15) is 18.2 Å². The van der Waals surface area contributed by atoms with Gasteiger partial charge < -0.3 is 14.7 Å². The van der Waals surface area contributed by atoms with Gasteiger partial charge in [0.15, 0.2) is 5.82 Å². The summed E-state index contributed by atoms with van der Waals surface area (Å²) in [7, 11) is 0. The van der Waals surface area contributed by atoms with Gasteiger partial charge in [-0.1, -0.05) is 12.1 Å². The van der Waals surface area contributed by atoms with Crippen molar-refractivity contribution in [1.82, 2.24) is 15.0 Å². The summed E-state index contributed by atoms with van der Waals surface area (Å²) in [5.74, 6) is 0.598. The number of ether oxygens (including phenoxy) is 1. The van der Waals surface area contributed by atoms with Gasteiger partial charge in [-0.3, -0.25) is 10.2 Å². The van der Waals surface area contributed by atoms with Crippen molar-refractivity contribution in [2.75, 3.05) is 34.8 Å². The number of hydrogen-bond acceptors (Lipinski definition) is 7. The molecule has 1 saturated heterocycles. The number of nitrogens with zero attached hydrogens (tertiary/aromatic N) is 5. The van der Waals surface area contributed by atoms with Crippen LogP contribution in [0.15, 0.2) is 48.7 Å². The lowest BCUT2D eigenvalue weighted by Gasteiger charge is -2.35. The molecule has 2 aromatic heterocycles. The van der Waals surface area contributed by atoms with Crippen molar-refractivity contribution in [3.63, 3.8) is 0 Å². The van der Waals surface area contributed by atoms with Crippen molar-refractivity contribution in [3.05, 3.63) is 54.2 Å². The van der Waals surface area contributed by atoms with Crippen LogP contribution in [0, 0.1) is 0 Å². The van der Waals surface area contributed by atoms with Crippen molar-refractivity contribution in [2.24, 2.45) is 0 Å². The molecule has 12 heteroatoms. The van der Waals surface area contributed by atoms with Crippen LogP contribution in [0.4, 0.5) is 35.3 Å². The Morgan fingerprint density at radius 3 is 2.76 bits per heavy atom. The topological polar surface area (TPSA) is 104 Å². The molecule has 0 aliphatic carbocycles. The van der Waals surface area contributed by atoms with E-state index in [-0.39, 0.29) is 24.5 Å². The number of aromatic nitrogens is 3. The fourth-order valence-corrected chi connectivity index (χ4v) is 4.53. The van der Waals surface area contributed by atoms with E-state index in [0.29, 0.717) is 30.0 Å². The Morgan fingerprint density at radius 1 is 1.18 bits per heavy atom. The Balaban J connectivity index is 1.40. The maximum Gasteiger partial charge on any atom is 0.416 e. The third-order valence-corrected chi connectivity index (χ3v) is 6.47. The Morgan fingerprint density at radius 2 is 2.00 bits per heavy atom. The number of pyridine rings is 1. The number of rotatable bonds is 6. The van der Waals surface area contributed by atoms with Gasteiger partial charge in [-0.15, -0.1) is 0 Å². The van der Waals surface area contributed by atoms with Crippen LogP contribution < -0.4 is 19.9 Å². The first-order valence-electron chi connectivity index (χ1n) is 12.2. The highest BCUT2D eigenvalue weighted by atomic mass is 19.4. The molecule has 3 aromatic rings. The SMILES string of the molecule is CC(C)(O)CCOc1nccc(NC(=O)N2c3nc(-c4cccc(C(F)(F)F)c4)ccc3N3CC[C@H]2C3)n1. The average molecular weight is 529 g/mol. The number of benzene rings is 1. The van der Waals surface area contributed by atoms with Crippen LogP contribution in [0.25, 0.3) is 11.3 Å². The molecule has 4 heterocycles. The summed E-state index contributed by atoms with van der Waals surface area (Å²) in [6.07, 6.45) is -1.93. The second kappa shape index (κ2) is 9.75. The van der Waals surface area contributed by atoms with Crippen LogP contribution in [0.5, 0.6) is 6.01 Å². The minimum atomic E-state index is -4.48. The number of amides is 2. The fraction of sp³-hybridized carbons (Fsp3) is 0.385. The molecule has 1 aromatic carbocycles. The number of anilines is 3. The Labute approximate surface area is 217 Å². The van der Waals surface area contributed by atoms with E-state index in [1.165, 1.54) is 18.3 Å². The van der Waals surface area contributed by atoms with E-state index in [1.807, 2.05) is 0 Å². The molecule has 2 amide bonds. The quantitative estimate of drug-likeness (QED) is 0.477. The molecule has 0 radical (unpaired) electrons. The first-order valence-corrected chi connectivity index (χ1v) is 12.2. The molecule has 2 bridgehead atoms. The number of hydrogen-bond donors (Lipinski definition) is 2. The zero-order valence-corrected chi connectivity index (χ0v) is 20.9. The van der Waals surface area contributed by atoms with Crippen LogP contribution in [-0.2, 0) is 6.18 Å². The lowest BCUT2D eigenvalue weighted by Crippen LogP contribution is -2.48. The van der Waals surface area contributed by atoms with E-state index in [9.17, 15) is 23.1 Å². The second-order valence-corrected chi connectivity index (χ2v) is 9.94. The van der Waals surface area contributed by atoms with Crippen LogP contribution in [0.1, 0.15) is 32.3 Å². The molecule has 200 valence electrons. The summed E-state index contributed by atoms with van der Waals surface area (Å²) in [5.41, 5.74) is -0.290. The first-order chi connectivity index (χ1) is 18.0. The fourth-order valence-electron chi connectivity index (χ4n) is 4.53. The number of aliphatic hydroxyl groups is 1. The predicted molar refractivity (Wildman–Crippen MR) is 135 cm³/mol. The van der Waals surface area contributed by atoms with Crippen LogP contribution >= 0.6 is 0 Å². The molecule has 0 unspecified atom stereocenters. The number of halogens is 3. The molecular formula is C26H27F3N6O3. The van der Waals surface area contributed by atoms with Crippen molar-refractivity contribution >= 4 is 23.4 Å². The molecule has 2 N–H and O–H groups in total. The van der Waals surface area contributed by atoms with E-state index < -0.39 is 23.4 Å². The number of fused-ring (bicyclic) bond motifs is 4. The monoisotopic (exact) mass is 528 g/mol. The van der Waals surface area contributed by atoms with Crippen LogP contribution in [0.3, 0.4) is 0 Å². The normalized spacial score (nSPS) is 16.8. The number of urea groups is 1. The Hall–Kier alpha value is -3.93. The minimum Gasteiger partial charge on any atom is -0.463 e. The predicted octanol–water partition coefficient (Wildman–Crippen LogP) is 4.73. The number of nitrogens with one attached hydrogen (secondary N) is 1. The van der Waals surface area contributed by atoms with Gasteiger partial charge >= 0.3 is 18.2 Å². The van der Waals surface area contributed by atoms with Gasteiger partial charge in [-0.25, -0.2) is 14.8 Å². The molecule has 2 aliphatic rings. The molecule has 5 rings (SSSR count). The smallest absolute Gasteiger partial charge is 0.416 e. The molecule has 0 saturated carbocycles. The summed E-state index contributed by atoms with van der Waals surface area (Å²) in [6.45, 7) is 4.89. The Bertz CT molecular complexity index is 1340. The maximum absolute atomic E-state index is 13.5. The lowest BCUT2D eigenvalue weighted by atomic mass is 10.1. The van der Waals surface area contributed by atoms with Crippen LogP contribution in [0.2, 0.25) is 0 Å². The highest BCUT2D eigenvalue weighted by Crippen LogP contribution is 2.41. The largest absolute Gasteiger partial charge is 0.463 e. The van der Waals surface area contributed by atoms with Gasteiger partial charge in [0, 0.05) is 31.3 Å². The third-order valence-electron chi connectivity index (χ3n) is 6.47. The Kier molecular flexibility index (Phi) is 6.59. The summed E-state index contributed by atoms with van der Waals surface area (Å²) >= 11 is 0. The van der Waals surface area contributed by atoms with Gasteiger partial charge in [0.05, 0.1) is 35.2 Å². The van der Waals surface area contributed by atoms with Gasteiger partial charge in [0.25, 0.3) is 0 Å². The summed E-state index contributed by atoms with van der Waals surface area (Å²) < 4.78 is 45.3. The number of carbonyl (C=O) groups excluding carboxylic acids is 1. The first kappa shape index (κ1) is 25.7. The van der Waals surface area contributed by atoms with Crippen molar-refractivity contribution in [1.29, 1.82) is 0 Å². The molecular weight excluding hydrogens is 501 g/mol. The molecule has 1 atom stereocenters. The zero-order valence-electron chi connectivity index (χ0n) is 20.9. The van der Waals surface area contributed by atoms with Crippen molar-refractivity contribution in [2.45, 2.75) is 44.5 Å². The molecule has 38 heavy (non-hydrogen) atoms. The maximum atomic E-state index is 13.5. The highest BCUT2D eigenvalue weighted by Gasteiger charge is 2.40. The van der Waals surface area contributed by atoms with E-state index in [0.717, 1.165) is 30.8 Å². The minimum absolute atomic E-state index is 0.0584. The second-order valence-electron chi connectivity index (χ2n) is 9.94. The lowest BCUT2D eigenvalue weighted by molar-refractivity contribution is -0.137. The van der Waals surface area contributed by atoms with Crippen LogP contribution in [-0.4, -0.2) is 57.4 Å². The number of carbonyl (C=O) groups is 1. The van der Waals surface area contributed by atoms with E-state index in [1.54, 1.807) is 36.9 Å². The number of alkyl halides is 3. The summed E-state index contributed by atoms with van der Waals surface area (Å²) in [4.78, 5) is 30.1. The highest BCUT2D eigenvalue weighted by molar-refractivity contribution is 6.04. The average Bonchev–Trinajstić information content (AvgIpc) is 3.27. The zero-order chi connectivity index (χ0) is 27.1. The molecule has 2 aliphatic heterocycles. The van der Waals surface area contributed by atoms with Crippen molar-refractivity contribution in [3.8, 4) is 17.3 Å². The van der Waals surface area contributed by atoms with E-state index >= 15 is 0 Å². The van der Waals surface area contributed by atoms with Crippen molar-refractivity contribution < 1.29 is 27.8 Å². The van der Waals surface area contributed by atoms with Gasteiger partial charge in [0.1, 0.15) is 5.82 Å². The van der Waals surface area contributed by atoms with E-state index in [4.69, 9.17) is 4.74 Å². The molecule has 0 spiro atoms. The summed E-state index contributed by atoms with van der Waals surface area (Å²) in [5, 5.41) is 12.6. The molecule has 9 nitrogen and oxygen atoms in total. The molecule has 1 fully saturated rings. The standard InChI is InChI=1S/C26H27F3N6O3/c1-25(2,37)10-13-38-23-30-11-8-21(32-23)33-24(36)35-18-9-12-34(15-18)20-7-6-19(31-22(20)35)16-4-3-5-17(14-16)26(27,28)29/h3-8,11,14,18,37H,9-10,12-13,15H2,1-2H3,(H,30,32,33,36)/t18-/m0/s1. The summed E-state index contributed by atoms with van der Waals surface area (Å²) in [6, 6.07) is 9.39. The third kappa shape index (κ3) is 5.49.